The molecule has 1 atom stereocenters. The van der Waals surface area contributed by atoms with Crippen LogP contribution in [0.3, 0.4) is 0 Å². The maximum absolute atomic E-state index is 13.7. The van der Waals surface area contributed by atoms with Crippen LogP contribution < -0.4 is 10.6 Å². The summed E-state index contributed by atoms with van der Waals surface area (Å²) in [5.74, 6) is -0.538. The third-order valence-corrected chi connectivity index (χ3v) is 7.10. The van der Waals surface area contributed by atoms with E-state index >= 15 is 0 Å². The molecule has 0 saturated heterocycles. The fourth-order valence-electron chi connectivity index (χ4n) is 3.97. The number of nitriles is 1. The number of hydrogen-bond donors (Lipinski definition) is 2. The van der Waals surface area contributed by atoms with Gasteiger partial charge < -0.3 is 15.5 Å². The van der Waals surface area contributed by atoms with Crippen LogP contribution in [0, 0.1) is 17.1 Å². The maximum atomic E-state index is 13.7. The lowest BCUT2D eigenvalue weighted by molar-refractivity contribution is 0.370. The number of benzene rings is 2. The van der Waals surface area contributed by atoms with Gasteiger partial charge in [0.15, 0.2) is 0 Å². The standard InChI is InChI=1S/C26H22Cl2FN9S/c1-37(2)5-6-38-12-22(35-36-38)26(23-13-39-14-32-23)34-17-7-18-24(33-16-3-4-21(29)19(27)8-16)15(10-30)11-31-25(18)20(28)9-17/h3-4,7-9,11-14,26,34H,5-6H2,1-2H3,(H,31,33)/t26-/m1/s1. The molecule has 0 aliphatic rings. The molecule has 0 saturated carbocycles. The lowest BCUT2D eigenvalue weighted by Gasteiger charge is -2.18. The van der Waals surface area contributed by atoms with Crippen molar-refractivity contribution in [2.75, 3.05) is 31.3 Å². The Labute approximate surface area is 237 Å². The minimum atomic E-state index is -0.538. The normalized spacial score (nSPS) is 12.0. The van der Waals surface area contributed by atoms with E-state index in [1.807, 2.05) is 31.7 Å². The molecule has 2 aromatic carbocycles. The van der Waals surface area contributed by atoms with Gasteiger partial charge >= 0.3 is 0 Å². The van der Waals surface area contributed by atoms with Crippen molar-refractivity contribution in [2.45, 2.75) is 12.6 Å². The summed E-state index contributed by atoms with van der Waals surface area (Å²) in [5, 5.41) is 28.0. The Kier molecular flexibility index (Phi) is 7.90. The summed E-state index contributed by atoms with van der Waals surface area (Å²) in [6.07, 6.45) is 3.34. The molecule has 0 amide bonds. The van der Waals surface area contributed by atoms with Crippen LogP contribution in [-0.4, -0.2) is 50.5 Å². The summed E-state index contributed by atoms with van der Waals surface area (Å²) in [4.78, 5) is 11.0. The highest BCUT2D eigenvalue weighted by molar-refractivity contribution is 7.07. The zero-order valence-corrected chi connectivity index (χ0v) is 23.2. The number of anilines is 3. The van der Waals surface area contributed by atoms with Crippen molar-refractivity contribution >= 4 is 62.5 Å². The summed E-state index contributed by atoms with van der Waals surface area (Å²) in [6, 6.07) is 9.60. The van der Waals surface area contributed by atoms with Gasteiger partial charge in [0, 0.05) is 34.9 Å². The molecular weight excluding hydrogens is 560 g/mol. The van der Waals surface area contributed by atoms with Crippen molar-refractivity contribution < 1.29 is 4.39 Å². The summed E-state index contributed by atoms with van der Waals surface area (Å²) < 4.78 is 15.5. The monoisotopic (exact) mass is 581 g/mol. The molecule has 13 heteroatoms. The molecule has 198 valence electrons. The first-order valence-corrected chi connectivity index (χ1v) is 13.5. The Hall–Kier alpha value is -3.82. The highest BCUT2D eigenvalue weighted by Crippen LogP contribution is 2.37. The predicted molar refractivity (Wildman–Crippen MR) is 152 cm³/mol. The second kappa shape index (κ2) is 11.5. The fourth-order valence-corrected chi connectivity index (χ4v) is 5.00. The molecule has 0 unspecified atom stereocenters. The van der Waals surface area contributed by atoms with Crippen molar-refractivity contribution in [3.8, 4) is 6.07 Å². The number of likely N-dealkylation sites (N-methyl/N-ethyl adjacent to an activating group) is 1. The van der Waals surface area contributed by atoms with E-state index in [0.717, 1.165) is 12.2 Å². The number of hydrogen-bond acceptors (Lipinski definition) is 9. The second-order valence-electron chi connectivity index (χ2n) is 8.97. The van der Waals surface area contributed by atoms with Gasteiger partial charge in [-0.15, -0.1) is 16.4 Å². The van der Waals surface area contributed by atoms with E-state index < -0.39 is 11.9 Å². The number of thiazole rings is 1. The van der Waals surface area contributed by atoms with Crippen LogP contribution in [0.5, 0.6) is 0 Å². The van der Waals surface area contributed by atoms with Crippen molar-refractivity contribution in [3.63, 3.8) is 0 Å². The Bertz CT molecular complexity index is 1660. The summed E-state index contributed by atoms with van der Waals surface area (Å²) >= 11 is 14.1. The molecule has 0 spiro atoms. The van der Waals surface area contributed by atoms with Gasteiger partial charge in [0.25, 0.3) is 0 Å². The molecule has 0 aliphatic carbocycles. The van der Waals surface area contributed by atoms with Gasteiger partial charge in [0.05, 0.1) is 50.8 Å². The Morgan fingerprint density at radius 2 is 1.95 bits per heavy atom. The molecule has 0 radical (unpaired) electrons. The quantitative estimate of drug-likeness (QED) is 0.215. The lowest BCUT2D eigenvalue weighted by atomic mass is 10.1. The van der Waals surface area contributed by atoms with Crippen molar-refractivity contribution in [1.82, 2.24) is 29.9 Å². The van der Waals surface area contributed by atoms with Gasteiger partial charge in [0.2, 0.25) is 0 Å². The van der Waals surface area contributed by atoms with Crippen LogP contribution in [-0.2, 0) is 6.54 Å². The van der Waals surface area contributed by atoms with Crippen molar-refractivity contribution in [2.24, 2.45) is 0 Å². The molecule has 5 rings (SSSR count). The molecular formula is C26H22Cl2FN9S. The van der Waals surface area contributed by atoms with Gasteiger partial charge in [-0.05, 0) is 44.4 Å². The van der Waals surface area contributed by atoms with Crippen molar-refractivity contribution in [3.05, 3.63) is 86.4 Å². The van der Waals surface area contributed by atoms with Gasteiger partial charge in [-0.3, -0.25) is 9.67 Å². The number of nitrogens with zero attached hydrogens (tertiary/aromatic N) is 7. The number of aromatic nitrogens is 5. The highest BCUT2D eigenvalue weighted by atomic mass is 35.5. The van der Waals surface area contributed by atoms with E-state index in [4.69, 9.17) is 23.2 Å². The molecule has 5 aromatic rings. The maximum Gasteiger partial charge on any atom is 0.141 e. The van der Waals surface area contributed by atoms with Crippen molar-refractivity contribution in [1.29, 1.82) is 5.26 Å². The summed E-state index contributed by atoms with van der Waals surface area (Å²) in [6.45, 7) is 1.51. The average Bonchev–Trinajstić information content (AvgIpc) is 3.61. The van der Waals surface area contributed by atoms with Crippen LogP contribution in [0.25, 0.3) is 10.9 Å². The minimum Gasteiger partial charge on any atom is -0.371 e. The summed E-state index contributed by atoms with van der Waals surface area (Å²) in [5.41, 5.74) is 5.65. The number of rotatable bonds is 9. The first-order valence-electron chi connectivity index (χ1n) is 11.8. The minimum absolute atomic E-state index is 0.0398. The molecule has 3 heterocycles. The van der Waals surface area contributed by atoms with E-state index in [1.54, 1.807) is 16.3 Å². The number of pyridine rings is 1. The fraction of sp³-hybridized carbons (Fsp3) is 0.192. The smallest absolute Gasteiger partial charge is 0.141 e. The zero-order chi connectivity index (χ0) is 27.5. The van der Waals surface area contributed by atoms with E-state index in [9.17, 15) is 9.65 Å². The Balaban J connectivity index is 1.55. The third kappa shape index (κ3) is 5.94. The molecule has 39 heavy (non-hydrogen) atoms. The molecule has 0 aliphatic heterocycles. The van der Waals surface area contributed by atoms with Gasteiger partial charge in [-0.2, -0.15) is 5.26 Å². The largest absolute Gasteiger partial charge is 0.371 e. The van der Waals surface area contributed by atoms with Crippen LogP contribution >= 0.6 is 34.5 Å². The Morgan fingerprint density at radius 1 is 1.13 bits per heavy atom. The average molecular weight is 582 g/mol. The molecule has 2 N–H and O–H groups in total. The van der Waals surface area contributed by atoms with Crippen LogP contribution in [0.15, 0.2) is 53.6 Å². The third-order valence-electron chi connectivity index (χ3n) is 5.92. The van der Waals surface area contributed by atoms with E-state index in [1.165, 1.54) is 35.7 Å². The Morgan fingerprint density at radius 3 is 2.67 bits per heavy atom. The number of nitrogens with one attached hydrogen (secondary N) is 2. The lowest BCUT2D eigenvalue weighted by Crippen LogP contribution is -2.18. The van der Waals surface area contributed by atoms with Gasteiger partial charge in [-0.25, -0.2) is 9.37 Å². The van der Waals surface area contributed by atoms with Crippen LogP contribution in [0.2, 0.25) is 10.0 Å². The summed E-state index contributed by atoms with van der Waals surface area (Å²) in [7, 11) is 4.00. The molecule has 3 aromatic heterocycles. The first-order chi connectivity index (χ1) is 18.8. The van der Waals surface area contributed by atoms with Gasteiger partial charge in [-0.1, -0.05) is 28.4 Å². The topological polar surface area (TPSA) is 108 Å². The van der Waals surface area contributed by atoms with Crippen LogP contribution in [0.4, 0.5) is 21.5 Å². The first kappa shape index (κ1) is 26.8. The van der Waals surface area contributed by atoms with E-state index in [2.05, 4.69) is 41.9 Å². The SMILES string of the molecule is CN(C)CCn1cc([C@@H](Nc2cc(Cl)c3ncc(C#N)c(Nc4ccc(F)c(Cl)c4)c3c2)c2cscn2)nn1. The van der Waals surface area contributed by atoms with Crippen LogP contribution in [0.1, 0.15) is 23.0 Å². The molecule has 0 bridgehead atoms. The second-order valence-corrected chi connectivity index (χ2v) is 10.5. The van der Waals surface area contributed by atoms with Gasteiger partial charge in [0.1, 0.15) is 23.6 Å². The number of halogens is 3. The van der Waals surface area contributed by atoms with E-state index in [-0.39, 0.29) is 10.6 Å². The highest BCUT2D eigenvalue weighted by Gasteiger charge is 2.22. The van der Waals surface area contributed by atoms with E-state index in [0.29, 0.717) is 45.2 Å². The molecule has 9 nitrogen and oxygen atoms in total. The molecule has 0 fully saturated rings. The predicted octanol–water partition coefficient (Wildman–Crippen LogP) is 6.11. The number of fused-ring (bicyclic) bond motifs is 1. The zero-order valence-electron chi connectivity index (χ0n) is 20.9.